The van der Waals surface area contributed by atoms with Gasteiger partial charge in [0.05, 0.1) is 0 Å². The van der Waals surface area contributed by atoms with Gasteiger partial charge in [-0.2, -0.15) is 0 Å². The molecule has 0 aromatic carbocycles. The maximum absolute atomic E-state index is 7.00. The summed E-state index contributed by atoms with van der Waals surface area (Å²) < 4.78 is 0. The van der Waals surface area contributed by atoms with Gasteiger partial charge in [-0.15, -0.1) is 0 Å². The zero-order chi connectivity index (χ0) is 17.0. The van der Waals surface area contributed by atoms with Crippen molar-refractivity contribution >= 4 is 11.6 Å². The molecule has 120 valence electrons. The van der Waals surface area contributed by atoms with Gasteiger partial charge in [-0.25, -0.2) is 0 Å². The average Bonchev–Trinajstić information content (AvgIpc) is 2.52. The van der Waals surface area contributed by atoms with Gasteiger partial charge in [0.25, 0.3) is 0 Å². The monoisotopic (exact) mass is 302 g/mol. The van der Waals surface area contributed by atoms with E-state index in [0.29, 0.717) is 0 Å². The first-order valence-corrected chi connectivity index (χ1v) is 7.80. The highest BCUT2D eigenvalue weighted by Crippen LogP contribution is 2.23. The van der Waals surface area contributed by atoms with Crippen molar-refractivity contribution in [3.63, 3.8) is 0 Å². The third kappa shape index (κ3) is 17.2. The van der Waals surface area contributed by atoms with Crippen LogP contribution in [-0.4, -0.2) is 12.2 Å². The Labute approximate surface area is 132 Å². The molecule has 0 rings (SSSR count). The van der Waals surface area contributed by atoms with Gasteiger partial charge < -0.3 is 5.11 Å². The molecule has 0 bridgehead atoms. The molecular weight excluding hydrogens is 268 g/mol. The summed E-state index contributed by atoms with van der Waals surface area (Å²) in [6.45, 7) is 17.8. The van der Waals surface area contributed by atoms with Crippen LogP contribution < -0.4 is 0 Å². The minimum Gasteiger partial charge on any atom is -0.400 e. The lowest BCUT2D eigenvalue weighted by Gasteiger charge is -2.05. The van der Waals surface area contributed by atoms with Gasteiger partial charge in [0.2, 0.25) is 0 Å². The number of allylic oxidation sites excluding steroid dienone is 7. The number of hydrogen-bond acceptors (Lipinski definition) is 1. The summed E-state index contributed by atoms with van der Waals surface area (Å²) in [5, 5.41) is 7.85. The van der Waals surface area contributed by atoms with Gasteiger partial charge in [0.1, 0.15) is 0 Å². The van der Waals surface area contributed by atoms with Gasteiger partial charge in [0.15, 0.2) is 0 Å². The summed E-state index contributed by atoms with van der Waals surface area (Å²) in [7, 11) is 1.00. The van der Waals surface area contributed by atoms with E-state index >= 15 is 0 Å². The molecule has 0 aromatic rings. The molecule has 1 nitrogen and oxygen atoms in total. The molecule has 0 spiro atoms. The highest BCUT2D eigenvalue weighted by molar-refractivity contribution is 6.32. The zero-order valence-electron chi connectivity index (χ0n) is 14.8. The summed E-state index contributed by atoms with van der Waals surface area (Å²) in [5.41, 5.74) is 2.27. The van der Waals surface area contributed by atoms with Crippen LogP contribution in [-0.2, 0) is 0 Å². The van der Waals surface area contributed by atoms with Crippen molar-refractivity contribution in [1.82, 2.24) is 0 Å². The molecule has 0 saturated heterocycles. The minimum atomic E-state index is 0.852. The fourth-order valence-corrected chi connectivity index (χ4v) is 1.46. The SMILES string of the molecule is C=C/C=C(C)/C(Cl)=C(/C=C/C)CCC.CC.CC.CO. The van der Waals surface area contributed by atoms with Crippen molar-refractivity contribution in [1.29, 1.82) is 0 Å². The Balaban J connectivity index is -0.000000187. The van der Waals surface area contributed by atoms with Crippen LogP contribution in [0.3, 0.4) is 0 Å². The number of rotatable bonds is 5. The first-order chi connectivity index (χ1) is 9.67. The first-order valence-electron chi connectivity index (χ1n) is 7.43. The molecule has 0 aliphatic heterocycles. The van der Waals surface area contributed by atoms with Crippen LogP contribution in [0.4, 0.5) is 0 Å². The average molecular weight is 303 g/mol. The molecule has 0 amide bonds. The van der Waals surface area contributed by atoms with Gasteiger partial charge in [0, 0.05) is 12.1 Å². The molecule has 1 N–H and O–H groups in total. The topological polar surface area (TPSA) is 20.2 Å². The summed E-state index contributed by atoms with van der Waals surface area (Å²) >= 11 is 6.25. The van der Waals surface area contributed by atoms with Crippen molar-refractivity contribution in [2.45, 2.75) is 61.3 Å². The lowest BCUT2D eigenvalue weighted by atomic mass is 10.1. The Morgan fingerprint density at radius 2 is 1.60 bits per heavy atom. The van der Waals surface area contributed by atoms with Gasteiger partial charge in [-0.1, -0.05) is 83.5 Å². The third-order valence-electron chi connectivity index (χ3n) is 1.88. The molecule has 0 fully saturated rings. The molecule has 0 aliphatic carbocycles. The number of aliphatic hydroxyl groups is 1. The number of aliphatic hydroxyl groups excluding tert-OH is 1. The Morgan fingerprint density at radius 1 is 1.15 bits per heavy atom. The molecule has 0 heterocycles. The maximum atomic E-state index is 7.00. The van der Waals surface area contributed by atoms with Crippen molar-refractivity contribution in [2.75, 3.05) is 7.11 Å². The third-order valence-corrected chi connectivity index (χ3v) is 2.42. The Hall–Kier alpha value is -0.790. The molecular formula is C18H35ClO. The number of hydrogen-bond donors (Lipinski definition) is 1. The number of halogens is 1. The van der Waals surface area contributed by atoms with Crippen LogP contribution in [0.15, 0.2) is 47.1 Å². The molecule has 2 heteroatoms. The van der Waals surface area contributed by atoms with E-state index in [-0.39, 0.29) is 0 Å². The van der Waals surface area contributed by atoms with Crippen molar-refractivity contribution in [3.05, 3.63) is 47.1 Å². The predicted molar refractivity (Wildman–Crippen MR) is 97.4 cm³/mol. The molecule has 0 unspecified atom stereocenters. The highest BCUT2D eigenvalue weighted by Gasteiger charge is 2.01. The quantitative estimate of drug-likeness (QED) is 0.564. The normalized spacial score (nSPS) is 11.0. The van der Waals surface area contributed by atoms with Crippen LogP contribution in [0.25, 0.3) is 0 Å². The molecule has 0 saturated carbocycles. The second-order valence-corrected chi connectivity index (χ2v) is 3.55. The molecule has 20 heavy (non-hydrogen) atoms. The second kappa shape index (κ2) is 26.7. The van der Waals surface area contributed by atoms with Crippen molar-refractivity contribution in [3.8, 4) is 0 Å². The van der Waals surface area contributed by atoms with E-state index in [2.05, 4.69) is 19.6 Å². The maximum Gasteiger partial charge on any atom is 0.0467 e. The second-order valence-electron chi connectivity index (χ2n) is 3.17. The minimum absolute atomic E-state index is 0.852. The highest BCUT2D eigenvalue weighted by atomic mass is 35.5. The summed E-state index contributed by atoms with van der Waals surface area (Å²) in [4.78, 5) is 0. The van der Waals surface area contributed by atoms with E-state index in [4.69, 9.17) is 16.7 Å². The van der Waals surface area contributed by atoms with Crippen LogP contribution in [0.5, 0.6) is 0 Å². The van der Waals surface area contributed by atoms with Crippen LogP contribution >= 0.6 is 11.6 Å². The summed E-state index contributed by atoms with van der Waals surface area (Å²) in [5.74, 6) is 0. The van der Waals surface area contributed by atoms with Crippen LogP contribution in [0.1, 0.15) is 61.3 Å². The van der Waals surface area contributed by atoms with E-state index in [1.54, 1.807) is 6.08 Å². The van der Waals surface area contributed by atoms with Crippen molar-refractivity contribution < 1.29 is 5.11 Å². The standard InChI is InChI=1S/C13H19Cl.2C2H6.CH4O/c1-5-8-11(4)13(14)12(9-6-2)10-7-3;3*1-2/h5-6,8-9H,1,7,10H2,2-4H3;2*1-2H3;2H,1H3/b9-6+,11-8+,13-12+;;;. The smallest absolute Gasteiger partial charge is 0.0467 e. The van der Waals surface area contributed by atoms with Crippen LogP contribution in [0.2, 0.25) is 0 Å². The van der Waals surface area contributed by atoms with Gasteiger partial charge in [-0.05, 0) is 31.4 Å². The molecule has 0 radical (unpaired) electrons. The molecule has 0 aliphatic rings. The van der Waals surface area contributed by atoms with Gasteiger partial charge in [-0.3, -0.25) is 0 Å². The zero-order valence-corrected chi connectivity index (χ0v) is 15.5. The summed E-state index contributed by atoms with van der Waals surface area (Å²) in [6.07, 6.45) is 9.92. The van der Waals surface area contributed by atoms with Crippen LogP contribution in [0, 0.1) is 0 Å². The van der Waals surface area contributed by atoms with E-state index in [1.807, 2.05) is 53.7 Å². The summed E-state index contributed by atoms with van der Waals surface area (Å²) in [6, 6.07) is 0. The van der Waals surface area contributed by atoms with Gasteiger partial charge >= 0.3 is 0 Å². The molecule has 0 aromatic heterocycles. The molecule has 0 atom stereocenters. The lowest BCUT2D eigenvalue weighted by molar-refractivity contribution is 0.399. The van der Waals surface area contributed by atoms with E-state index in [9.17, 15) is 0 Å². The van der Waals surface area contributed by atoms with E-state index in [0.717, 1.165) is 30.6 Å². The fourth-order valence-electron chi connectivity index (χ4n) is 1.24. The Bertz CT molecular complexity index is 273. The van der Waals surface area contributed by atoms with E-state index < -0.39 is 0 Å². The van der Waals surface area contributed by atoms with E-state index in [1.165, 1.54) is 5.57 Å². The Kier molecular flexibility index (Phi) is 36.8. The predicted octanol–water partition coefficient (Wildman–Crippen LogP) is 6.65. The Morgan fingerprint density at radius 3 is 1.90 bits per heavy atom. The fraction of sp³-hybridized carbons (Fsp3) is 0.556. The largest absolute Gasteiger partial charge is 0.400 e. The van der Waals surface area contributed by atoms with Crippen molar-refractivity contribution in [2.24, 2.45) is 0 Å². The lowest BCUT2D eigenvalue weighted by Crippen LogP contribution is -1.85. The first kappa shape index (κ1) is 27.5.